The molecule has 25 heavy (non-hydrogen) atoms. The number of hydrazine groups is 1. The third-order valence-electron chi connectivity index (χ3n) is 4.42. The van der Waals surface area contributed by atoms with Crippen molar-refractivity contribution in [3.63, 3.8) is 0 Å². The van der Waals surface area contributed by atoms with Crippen molar-refractivity contribution in [3.05, 3.63) is 60.7 Å². The Labute approximate surface area is 149 Å². The number of para-hydroxylation sites is 2. The minimum absolute atomic E-state index is 0.835. The third kappa shape index (κ3) is 4.06. The molecule has 132 valence electrons. The highest BCUT2D eigenvalue weighted by Gasteiger charge is 2.19. The van der Waals surface area contributed by atoms with Crippen LogP contribution in [0.1, 0.15) is 5.56 Å². The number of nitrogens with one attached hydrogen (secondary N) is 1. The fourth-order valence-corrected chi connectivity index (χ4v) is 3.02. The van der Waals surface area contributed by atoms with Gasteiger partial charge in [-0.3, -0.25) is 0 Å². The van der Waals surface area contributed by atoms with Gasteiger partial charge >= 0.3 is 0 Å². The van der Waals surface area contributed by atoms with Crippen molar-refractivity contribution < 1.29 is 9.47 Å². The van der Waals surface area contributed by atoms with Gasteiger partial charge in [-0.1, -0.05) is 30.8 Å². The molecule has 0 saturated carbocycles. The van der Waals surface area contributed by atoms with E-state index >= 15 is 0 Å². The molecule has 0 bridgehead atoms. The largest absolute Gasteiger partial charge is 0.497 e. The van der Waals surface area contributed by atoms with Gasteiger partial charge in [0.2, 0.25) is 0 Å². The van der Waals surface area contributed by atoms with Crippen LogP contribution in [0.25, 0.3) is 5.70 Å². The Kier molecular flexibility index (Phi) is 5.46. The number of rotatable bonds is 6. The first-order valence-corrected chi connectivity index (χ1v) is 8.44. The van der Waals surface area contributed by atoms with E-state index < -0.39 is 0 Å². The molecule has 0 aliphatic carbocycles. The van der Waals surface area contributed by atoms with Crippen LogP contribution >= 0.6 is 0 Å². The van der Waals surface area contributed by atoms with Gasteiger partial charge in [-0.05, 0) is 24.3 Å². The molecule has 1 saturated heterocycles. The fraction of sp³-hybridized carbons (Fsp3) is 0.300. The summed E-state index contributed by atoms with van der Waals surface area (Å²) in [7, 11) is 3.39. The minimum Gasteiger partial charge on any atom is -0.497 e. The van der Waals surface area contributed by atoms with Crippen molar-refractivity contribution >= 4 is 11.4 Å². The lowest BCUT2D eigenvalue weighted by molar-refractivity contribution is 0.214. The third-order valence-corrected chi connectivity index (χ3v) is 4.42. The second-order valence-corrected chi connectivity index (χ2v) is 5.97. The Morgan fingerprint density at radius 3 is 2.44 bits per heavy atom. The summed E-state index contributed by atoms with van der Waals surface area (Å²) in [6.45, 7) is 7.82. The van der Waals surface area contributed by atoms with E-state index in [-0.39, 0.29) is 0 Å². The SMILES string of the molecule is C=C(NN1CCN(c2ccccc2OC)CC1)c1cccc(OC)c1. The van der Waals surface area contributed by atoms with E-state index in [0.29, 0.717) is 0 Å². The lowest BCUT2D eigenvalue weighted by atomic mass is 10.1. The van der Waals surface area contributed by atoms with Crippen LogP contribution in [0.5, 0.6) is 11.5 Å². The molecule has 0 amide bonds. The molecule has 1 aliphatic heterocycles. The molecule has 3 rings (SSSR count). The van der Waals surface area contributed by atoms with Crippen LogP contribution in [0.15, 0.2) is 55.1 Å². The molecular formula is C20H25N3O2. The summed E-state index contributed by atoms with van der Waals surface area (Å²) in [6.07, 6.45) is 0. The zero-order valence-electron chi connectivity index (χ0n) is 14.9. The maximum absolute atomic E-state index is 5.47. The first-order valence-electron chi connectivity index (χ1n) is 8.44. The van der Waals surface area contributed by atoms with E-state index in [1.807, 2.05) is 42.5 Å². The summed E-state index contributed by atoms with van der Waals surface area (Å²) in [5, 5.41) is 2.20. The average molecular weight is 339 g/mol. The van der Waals surface area contributed by atoms with Gasteiger partial charge in [0.25, 0.3) is 0 Å². The molecule has 0 radical (unpaired) electrons. The molecule has 2 aromatic rings. The summed E-state index contributed by atoms with van der Waals surface area (Å²) in [5.74, 6) is 1.76. The van der Waals surface area contributed by atoms with Crippen molar-refractivity contribution in [2.45, 2.75) is 0 Å². The number of piperazine rings is 1. The molecule has 1 N–H and O–H groups in total. The van der Waals surface area contributed by atoms with Crippen LogP contribution < -0.4 is 19.8 Å². The molecule has 5 nitrogen and oxygen atoms in total. The lowest BCUT2D eigenvalue weighted by Gasteiger charge is -2.37. The Balaban J connectivity index is 1.58. The van der Waals surface area contributed by atoms with E-state index in [4.69, 9.17) is 9.47 Å². The van der Waals surface area contributed by atoms with Gasteiger partial charge in [-0.2, -0.15) is 0 Å². The predicted octanol–water partition coefficient (Wildman–Crippen LogP) is 3.00. The molecule has 0 spiro atoms. The summed E-state index contributed by atoms with van der Waals surface area (Å²) in [5.41, 5.74) is 6.47. The van der Waals surface area contributed by atoms with E-state index in [0.717, 1.165) is 54.6 Å². The molecule has 5 heteroatoms. The Hall–Kier alpha value is -2.66. The van der Waals surface area contributed by atoms with Crippen molar-refractivity contribution in [1.82, 2.24) is 10.4 Å². The highest BCUT2D eigenvalue weighted by molar-refractivity contribution is 5.63. The average Bonchev–Trinajstić information content (AvgIpc) is 2.68. The number of ether oxygens (including phenoxy) is 2. The topological polar surface area (TPSA) is 37.0 Å². The molecule has 0 unspecified atom stereocenters. The fourth-order valence-electron chi connectivity index (χ4n) is 3.02. The van der Waals surface area contributed by atoms with Crippen molar-refractivity contribution in [2.75, 3.05) is 45.3 Å². The van der Waals surface area contributed by atoms with Crippen LogP contribution in [0.4, 0.5) is 5.69 Å². The van der Waals surface area contributed by atoms with Gasteiger partial charge in [0.05, 0.1) is 19.9 Å². The van der Waals surface area contributed by atoms with E-state index in [2.05, 4.69) is 28.0 Å². The Morgan fingerprint density at radius 2 is 1.72 bits per heavy atom. The van der Waals surface area contributed by atoms with Gasteiger partial charge in [0.15, 0.2) is 0 Å². The zero-order chi connectivity index (χ0) is 17.6. The van der Waals surface area contributed by atoms with Gasteiger partial charge in [0.1, 0.15) is 11.5 Å². The summed E-state index contributed by atoms with van der Waals surface area (Å²) >= 11 is 0. The zero-order valence-corrected chi connectivity index (χ0v) is 14.9. The van der Waals surface area contributed by atoms with Crippen LogP contribution in [0.3, 0.4) is 0 Å². The maximum Gasteiger partial charge on any atom is 0.142 e. The van der Waals surface area contributed by atoms with Crippen LogP contribution in [-0.2, 0) is 0 Å². The minimum atomic E-state index is 0.835. The van der Waals surface area contributed by atoms with Crippen molar-refractivity contribution in [2.24, 2.45) is 0 Å². The standard InChI is InChI=1S/C20H25N3O2/c1-16(17-7-6-8-18(15-17)24-2)21-23-13-11-22(12-14-23)19-9-4-5-10-20(19)25-3/h4-10,15,21H,1,11-14H2,2-3H3. The maximum atomic E-state index is 5.47. The molecule has 0 aromatic heterocycles. The quantitative estimate of drug-likeness (QED) is 0.876. The summed E-state index contributed by atoms with van der Waals surface area (Å²) < 4.78 is 10.8. The highest BCUT2D eigenvalue weighted by Crippen LogP contribution is 2.28. The van der Waals surface area contributed by atoms with Crippen molar-refractivity contribution in [3.8, 4) is 11.5 Å². The van der Waals surface area contributed by atoms with Crippen LogP contribution in [-0.4, -0.2) is 45.4 Å². The monoisotopic (exact) mass is 339 g/mol. The number of methoxy groups -OCH3 is 2. The van der Waals surface area contributed by atoms with E-state index in [1.54, 1.807) is 14.2 Å². The molecule has 1 fully saturated rings. The lowest BCUT2D eigenvalue weighted by Crippen LogP contribution is -2.51. The predicted molar refractivity (Wildman–Crippen MR) is 102 cm³/mol. The first-order chi connectivity index (χ1) is 12.2. The number of hydrogen-bond donors (Lipinski definition) is 1. The summed E-state index contributed by atoms with van der Waals surface area (Å²) in [6, 6.07) is 16.1. The Morgan fingerprint density at radius 1 is 0.960 bits per heavy atom. The van der Waals surface area contributed by atoms with Crippen molar-refractivity contribution in [1.29, 1.82) is 0 Å². The number of hydrogen-bond acceptors (Lipinski definition) is 5. The molecular weight excluding hydrogens is 314 g/mol. The second-order valence-electron chi connectivity index (χ2n) is 5.97. The number of benzene rings is 2. The van der Waals surface area contributed by atoms with Gasteiger partial charge in [-0.25, -0.2) is 5.01 Å². The Bertz CT molecular complexity index is 724. The highest BCUT2D eigenvalue weighted by atomic mass is 16.5. The molecule has 2 aromatic carbocycles. The molecule has 0 atom stereocenters. The summed E-state index contributed by atoms with van der Waals surface area (Å²) in [4.78, 5) is 2.35. The number of anilines is 1. The smallest absolute Gasteiger partial charge is 0.142 e. The normalized spacial score (nSPS) is 14.9. The number of nitrogens with zero attached hydrogens (tertiary/aromatic N) is 2. The van der Waals surface area contributed by atoms with E-state index in [1.165, 1.54) is 0 Å². The van der Waals surface area contributed by atoms with Gasteiger partial charge in [0, 0.05) is 37.4 Å². The van der Waals surface area contributed by atoms with Crippen LogP contribution in [0, 0.1) is 0 Å². The molecule has 1 heterocycles. The molecule has 1 aliphatic rings. The van der Waals surface area contributed by atoms with Crippen LogP contribution in [0.2, 0.25) is 0 Å². The van der Waals surface area contributed by atoms with E-state index in [9.17, 15) is 0 Å². The van der Waals surface area contributed by atoms with Gasteiger partial charge in [-0.15, -0.1) is 0 Å². The first kappa shape index (κ1) is 17.2. The second kappa shape index (κ2) is 7.94. The van der Waals surface area contributed by atoms with Gasteiger partial charge < -0.3 is 19.8 Å².